The molecule has 1 rings (SSSR count). The third-order valence-corrected chi connectivity index (χ3v) is 3.06. The SMILES string of the molecule is COC(=O)c1cc(OS(=O)(=O)C(F)(F)F)cc(C(=O)OC)n1. The van der Waals surface area contributed by atoms with E-state index < -0.39 is 44.7 Å². The molecule has 0 fully saturated rings. The van der Waals surface area contributed by atoms with Crippen molar-refractivity contribution in [3.63, 3.8) is 0 Å². The summed E-state index contributed by atoms with van der Waals surface area (Å²) in [6, 6.07) is 1.14. The summed E-state index contributed by atoms with van der Waals surface area (Å²) in [4.78, 5) is 26.1. The lowest BCUT2D eigenvalue weighted by atomic mass is 10.3. The summed E-state index contributed by atoms with van der Waals surface area (Å²) >= 11 is 0. The lowest BCUT2D eigenvalue weighted by Gasteiger charge is -2.11. The number of carbonyl (C=O) groups excluding carboxylic acids is 2. The molecule has 0 bridgehead atoms. The molecule has 0 aliphatic carbocycles. The average Bonchev–Trinajstić information content (AvgIpc) is 2.43. The molecule has 0 amide bonds. The fourth-order valence-corrected chi connectivity index (χ4v) is 1.59. The van der Waals surface area contributed by atoms with Crippen molar-refractivity contribution in [2.75, 3.05) is 14.2 Å². The Balaban J connectivity index is 3.36. The second-order valence-electron chi connectivity index (χ2n) is 3.54. The summed E-state index contributed by atoms with van der Waals surface area (Å²) in [6.07, 6.45) is 0. The predicted octanol–water partition coefficient (Wildman–Crippen LogP) is 0.883. The molecule has 0 unspecified atom stereocenters. The van der Waals surface area contributed by atoms with Gasteiger partial charge >= 0.3 is 27.6 Å². The molecule has 8 nitrogen and oxygen atoms in total. The van der Waals surface area contributed by atoms with Crippen LogP contribution in [0, 0.1) is 0 Å². The molecule has 0 spiro atoms. The van der Waals surface area contributed by atoms with Crippen molar-refractivity contribution in [1.82, 2.24) is 4.98 Å². The number of carbonyl (C=O) groups is 2. The van der Waals surface area contributed by atoms with Gasteiger partial charge < -0.3 is 13.7 Å². The topological polar surface area (TPSA) is 109 Å². The van der Waals surface area contributed by atoms with Crippen LogP contribution in [0.4, 0.5) is 13.2 Å². The molecule has 1 aromatic rings. The number of methoxy groups -OCH3 is 2. The normalized spacial score (nSPS) is 11.7. The molecule has 1 heterocycles. The summed E-state index contributed by atoms with van der Waals surface area (Å²) in [5, 5.41) is 0. The second kappa shape index (κ2) is 6.17. The first-order chi connectivity index (χ1) is 10.0. The van der Waals surface area contributed by atoms with Crippen LogP contribution in [0.3, 0.4) is 0 Å². The van der Waals surface area contributed by atoms with E-state index in [9.17, 15) is 31.2 Å². The van der Waals surface area contributed by atoms with Crippen LogP contribution in [-0.4, -0.2) is 45.1 Å². The molecule has 12 heteroatoms. The van der Waals surface area contributed by atoms with Crippen LogP contribution in [0.5, 0.6) is 5.75 Å². The maximum atomic E-state index is 12.3. The van der Waals surface area contributed by atoms with Gasteiger partial charge in [-0.3, -0.25) is 0 Å². The van der Waals surface area contributed by atoms with Crippen molar-refractivity contribution in [2.24, 2.45) is 0 Å². The Hall–Kier alpha value is -2.37. The highest BCUT2D eigenvalue weighted by molar-refractivity contribution is 7.88. The van der Waals surface area contributed by atoms with Crippen molar-refractivity contribution < 1.29 is 44.8 Å². The van der Waals surface area contributed by atoms with E-state index >= 15 is 0 Å². The standard InChI is InChI=1S/C10H8F3NO7S/c1-19-8(15)6-3-5(4-7(14-6)9(16)20-2)21-22(17,18)10(11,12)13/h3-4H,1-2H3. The fraction of sp³-hybridized carbons (Fsp3) is 0.300. The molecule has 122 valence electrons. The van der Waals surface area contributed by atoms with Crippen LogP contribution in [0.15, 0.2) is 12.1 Å². The monoisotopic (exact) mass is 343 g/mol. The number of aromatic nitrogens is 1. The third kappa shape index (κ3) is 3.84. The lowest BCUT2D eigenvalue weighted by molar-refractivity contribution is -0.0500. The van der Waals surface area contributed by atoms with Gasteiger partial charge in [0.25, 0.3) is 0 Å². The van der Waals surface area contributed by atoms with Crippen LogP contribution in [0.25, 0.3) is 0 Å². The molecule has 0 saturated heterocycles. The second-order valence-corrected chi connectivity index (χ2v) is 5.08. The highest BCUT2D eigenvalue weighted by Gasteiger charge is 2.48. The number of hydrogen-bond acceptors (Lipinski definition) is 8. The van der Waals surface area contributed by atoms with Gasteiger partial charge in [-0.05, 0) is 0 Å². The zero-order chi connectivity index (χ0) is 17.1. The molecular formula is C10H8F3NO7S. The molecule has 0 radical (unpaired) electrons. The smallest absolute Gasteiger partial charge is 0.464 e. The van der Waals surface area contributed by atoms with Crippen molar-refractivity contribution in [2.45, 2.75) is 5.51 Å². The quantitative estimate of drug-likeness (QED) is 0.450. The minimum Gasteiger partial charge on any atom is -0.464 e. The highest BCUT2D eigenvalue weighted by Crippen LogP contribution is 2.27. The number of hydrogen-bond donors (Lipinski definition) is 0. The van der Waals surface area contributed by atoms with Gasteiger partial charge in [-0.2, -0.15) is 21.6 Å². The Morgan fingerprint density at radius 3 is 1.77 bits per heavy atom. The number of nitrogens with zero attached hydrogens (tertiary/aromatic N) is 1. The third-order valence-electron chi connectivity index (χ3n) is 2.08. The van der Waals surface area contributed by atoms with Gasteiger partial charge in [0.2, 0.25) is 0 Å². The number of esters is 2. The van der Waals surface area contributed by atoms with E-state index in [2.05, 4.69) is 18.6 Å². The van der Waals surface area contributed by atoms with Crippen molar-refractivity contribution in [3.8, 4) is 5.75 Å². The zero-order valence-electron chi connectivity index (χ0n) is 11.0. The maximum absolute atomic E-state index is 12.3. The first-order valence-corrected chi connectivity index (χ1v) is 6.62. The first kappa shape index (κ1) is 17.7. The minimum absolute atomic E-state index is 0.571. The number of ether oxygens (including phenoxy) is 2. The molecule has 1 aromatic heterocycles. The van der Waals surface area contributed by atoms with Gasteiger partial charge in [-0.25, -0.2) is 14.6 Å². The number of pyridine rings is 1. The van der Waals surface area contributed by atoms with Crippen molar-refractivity contribution in [1.29, 1.82) is 0 Å². The van der Waals surface area contributed by atoms with Crippen LogP contribution in [0.1, 0.15) is 21.0 Å². The van der Waals surface area contributed by atoms with Crippen LogP contribution >= 0.6 is 0 Å². The summed E-state index contributed by atoms with van der Waals surface area (Å²) in [6.45, 7) is 0. The lowest BCUT2D eigenvalue weighted by Crippen LogP contribution is -2.28. The van der Waals surface area contributed by atoms with Crippen molar-refractivity contribution >= 4 is 22.1 Å². The summed E-state index contributed by atoms with van der Waals surface area (Å²) < 4.78 is 71.0. The van der Waals surface area contributed by atoms with E-state index in [1.54, 1.807) is 0 Å². The predicted molar refractivity (Wildman–Crippen MR) is 62.5 cm³/mol. The van der Waals surface area contributed by atoms with Gasteiger partial charge in [0.05, 0.1) is 14.2 Å². The Morgan fingerprint density at radius 1 is 1.05 bits per heavy atom. The summed E-state index contributed by atoms with van der Waals surface area (Å²) in [7, 11) is -4.09. The molecule has 0 aromatic carbocycles. The van der Waals surface area contributed by atoms with Gasteiger partial charge in [-0.1, -0.05) is 0 Å². The largest absolute Gasteiger partial charge is 0.534 e. The van der Waals surface area contributed by atoms with Crippen LogP contribution in [-0.2, 0) is 19.6 Å². The van der Waals surface area contributed by atoms with E-state index in [0.717, 1.165) is 14.2 Å². The Bertz CT molecular complexity index is 665. The summed E-state index contributed by atoms with van der Waals surface area (Å²) in [5.74, 6) is -3.20. The van der Waals surface area contributed by atoms with Crippen LogP contribution in [0.2, 0.25) is 0 Å². The Labute approximate surface area is 121 Å². The van der Waals surface area contributed by atoms with E-state index in [0.29, 0.717) is 12.1 Å². The maximum Gasteiger partial charge on any atom is 0.534 e. The fourth-order valence-electron chi connectivity index (χ4n) is 1.15. The molecule has 0 aliphatic rings. The minimum atomic E-state index is -5.98. The van der Waals surface area contributed by atoms with Gasteiger partial charge in [0.15, 0.2) is 11.4 Å². The Kier molecular flexibility index (Phi) is 4.96. The molecule has 22 heavy (non-hydrogen) atoms. The van der Waals surface area contributed by atoms with Crippen molar-refractivity contribution in [3.05, 3.63) is 23.5 Å². The van der Waals surface area contributed by atoms with Gasteiger partial charge in [-0.15, -0.1) is 0 Å². The molecule has 0 aliphatic heterocycles. The van der Waals surface area contributed by atoms with Crippen LogP contribution < -0.4 is 4.18 Å². The number of rotatable bonds is 4. The molecule has 0 N–H and O–H groups in total. The van der Waals surface area contributed by atoms with Gasteiger partial charge in [0.1, 0.15) is 5.75 Å². The number of halogens is 3. The van der Waals surface area contributed by atoms with Gasteiger partial charge in [0, 0.05) is 12.1 Å². The Morgan fingerprint density at radius 2 is 1.45 bits per heavy atom. The highest BCUT2D eigenvalue weighted by atomic mass is 32.2. The van der Waals surface area contributed by atoms with E-state index in [4.69, 9.17) is 0 Å². The molecule has 0 saturated carbocycles. The zero-order valence-corrected chi connectivity index (χ0v) is 11.8. The molecular weight excluding hydrogens is 335 g/mol. The first-order valence-electron chi connectivity index (χ1n) is 5.21. The molecule has 0 atom stereocenters. The van der Waals surface area contributed by atoms with E-state index in [1.807, 2.05) is 0 Å². The van der Waals surface area contributed by atoms with E-state index in [-0.39, 0.29) is 0 Å². The van der Waals surface area contributed by atoms with E-state index in [1.165, 1.54) is 0 Å². The number of alkyl halides is 3. The summed E-state index contributed by atoms with van der Waals surface area (Å²) in [5.41, 5.74) is -6.97. The average molecular weight is 343 g/mol.